The molecule has 0 saturated heterocycles. The fourth-order valence-corrected chi connectivity index (χ4v) is 3.69. The Kier molecular flexibility index (Phi) is 9.94. The lowest BCUT2D eigenvalue weighted by atomic mass is 9.80. The van der Waals surface area contributed by atoms with Crippen molar-refractivity contribution in [3.05, 3.63) is 52.4 Å². The molecular weight excluding hydrogens is 424 g/mol. The summed E-state index contributed by atoms with van der Waals surface area (Å²) in [5, 5.41) is 16.4. The summed E-state index contributed by atoms with van der Waals surface area (Å²) in [6, 6.07) is 7.43. The number of nitrogens with one attached hydrogen (secondary N) is 2. The third-order valence-corrected chi connectivity index (χ3v) is 5.15. The predicted octanol–water partition coefficient (Wildman–Crippen LogP) is 2.79. The molecule has 1 aliphatic heterocycles. The lowest BCUT2D eigenvalue weighted by Crippen LogP contribution is -2.35. The monoisotopic (exact) mass is 460 g/mol. The molecule has 2 rings (SSSR count). The summed E-state index contributed by atoms with van der Waals surface area (Å²) in [7, 11) is 0. The van der Waals surface area contributed by atoms with Crippen molar-refractivity contribution in [3.63, 3.8) is 0 Å². The van der Waals surface area contributed by atoms with Crippen molar-refractivity contribution in [1.29, 1.82) is 0 Å². The molecule has 1 unspecified atom stereocenters. The van der Waals surface area contributed by atoms with Crippen LogP contribution in [-0.4, -0.2) is 55.6 Å². The zero-order valence-corrected chi connectivity index (χ0v) is 20.4. The van der Waals surface area contributed by atoms with Crippen LogP contribution in [0.1, 0.15) is 53.0 Å². The van der Waals surface area contributed by atoms with E-state index in [4.69, 9.17) is 14.2 Å². The molecule has 182 valence electrons. The second-order valence-corrected chi connectivity index (χ2v) is 8.18. The molecule has 0 aliphatic carbocycles. The van der Waals surface area contributed by atoms with Gasteiger partial charge in [-0.05, 0) is 45.4 Å². The number of aliphatic hydroxyl groups is 1. The number of dihydropyridines is 1. The van der Waals surface area contributed by atoms with E-state index in [-0.39, 0.29) is 25.9 Å². The average molecular weight is 461 g/mol. The van der Waals surface area contributed by atoms with Gasteiger partial charge >= 0.3 is 11.9 Å². The number of aliphatic hydroxyl groups excluding tert-OH is 1. The first-order chi connectivity index (χ1) is 15.7. The number of benzene rings is 1. The van der Waals surface area contributed by atoms with Gasteiger partial charge in [0.25, 0.3) is 0 Å². The first-order valence-corrected chi connectivity index (χ1v) is 11.4. The van der Waals surface area contributed by atoms with Gasteiger partial charge in [0.2, 0.25) is 0 Å². The molecule has 0 fully saturated rings. The summed E-state index contributed by atoms with van der Waals surface area (Å²) in [4.78, 5) is 25.8. The van der Waals surface area contributed by atoms with Crippen LogP contribution in [0, 0.1) is 0 Å². The van der Waals surface area contributed by atoms with Gasteiger partial charge < -0.3 is 30.0 Å². The minimum atomic E-state index is -0.680. The second-order valence-electron chi connectivity index (χ2n) is 8.18. The van der Waals surface area contributed by atoms with E-state index in [1.807, 2.05) is 19.9 Å². The van der Waals surface area contributed by atoms with Crippen LogP contribution in [-0.2, 0) is 19.1 Å². The van der Waals surface area contributed by atoms with Crippen LogP contribution in [0.3, 0.4) is 0 Å². The van der Waals surface area contributed by atoms with Crippen molar-refractivity contribution in [1.82, 2.24) is 10.6 Å². The highest BCUT2D eigenvalue weighted by Crippen LogP contribution is 2.40. The number of carbonyl (C=O) groups excluding carboxylic acids is 2. The van der Waals surface area contributed by atoms with Crippen LogP contribution in [0.4, 0.5) is 0 Å². The first-order valence-electron chi connectivity index (χ1n) is 11.4. The molecule has 0 radical (unpaired) electrons. The Balaban J connectivity index is 2.40. The summed E-state index contributed by atoms with van der Waals surface area (Å²) in [6.07, 6.45) is -0.676. The molecule has 1 heterocycles. The van der Waals surface area contributed by atoms with Gasteiger partial charge in [-0.25, -0.2) is 9.59 Å². The van der Waals surface area contributed by atoms with E-state index in [9.17, 15) is 14.7 Å². The second kappa shape index (κ2) is 12.4. The van der Waals surface area contributed by atoms with Gasteiger partial charge in [0.15, 0.2) is 0 Å². The van der Waals surface area contributed by atoms with E-state index in [1.54, 1.807) is 45.9 Å². The van der Waals surface area contributed by atoms with E-state index in [0.717, 1.165) is 0 Å². The van der Waals surface area contributed by atoms with E-state index in [1.165, 1.54) is 0 Å². The van der Waals surface area contributed by atoms with Gasteiger partial charge in [0, 0.05) is 24.0 Å². The summed E-state index contributed by atoms with van der Waals surface area (Å²) in [5.74, 6) is -1.15. The van der Waals surface area contributed by atoms with Crippen LogP contribution in [0.2, 0.25) is 0 Å². The molecule has 0 saturated carbocycles. The summed E-state index contributed by atoms with van der Waals surface area (Å²) < 4.78 is 16.4. The Hall–Kier alpha value is -2.84. The van der Waals surface area contributed by atoms with Crippen LogP contribution in [0.5, 0.6) is 5.75 Å². The molecular formula is C25H36N2O6. The van der Waals surface area contributed by atoms with Crippen molar-refractivity contribution in [3.8, 4) is 5.75 Å². The number of ether oxygens (including phenoxy) is 3. The zero-order chi connectivity index (χ0) is 24.5. The molecule has 8 heteroatoms. The maximum absolute atomic E-state index is 12.9. The quantitative estimate of drug-likeness (QED) is 0.433. The topological polar surface area (TPSA) is 106 Å². The SMILES string of the molecule is CCOC(=O)C1=C(C)NC(C)=C(C(=O)OCC)C1c1cccc(OCC(O)CNC(C)C)c1. The van der Waals surface area contributed by atoms with E-state index in [2.05, 4.69) is 10.6 Å². The Bertz CT molecular complexity index is 866. The minimum Gasteiger partial charge on any atom is -0.491 e. The van der Waals surface area contributed by atoms with Crippen molar-refractivity contribution in [2.24, 2.45) is 0 Å². The van der Waals surface area contributed by atoms with Crippen LogP contribution < -0.4 is 15.4 Å². The molecule has 1 aromatic carbocycles. The highest BCUT2D eigenvalue weighted by molar-refractivity contribution is 5.99. The lowest BCUT2D eigenvalue weighted by Gasteiger charge is -2.30. The normalized spacial score (nSPS) is 15.4. The third-order valence-electron chi connectivity index (χ3n) is 5.15. The van der Waals surface area contributed by atoms with Crippen molar-refractivity contribution in [2.45, 2.75) is 59.6 Å². The summed E-state index contributed by atoms with van der Waals surface area (Å²) >= 11 is 0. The zero-order valence-electron chi connectivity index (χ0n) is 20.4. The molecule has 0 aromatic heterocycles. The maximum atomic E-state index is 12.9. The van der Waals surface area contributed by atoms with Gasteiger partial charge in [-0.2, -0.15) is 0 Å². The van der Waals surface area contributed by atoms with Crippen LogP contribution in [0.15, 0.2) is 46.8 Å². The standard InChI is InChI=1S/C25H36N2O6/c1-7-31-24(29)21-16(5)27-17(6)22(25(30)32-8-2)23(21)18-10-9-11-20(12-18)33-14-19(28)13-26-15(3)4/h9-12,15,19,23,26-28H,7-8,13-14H2,1-6H3. The predicted molar refractivity (Wildman–Crippen MR) is 126 cm³/mol. The molecule has 8 nitrogen and oxygen atoms in total. The lowest BCUT2D eigenvalue weighted by molar-refractivity contribution is -0.139. The molecule has 3 N–H and O–H groups in total. The van der Waals surface area contributed by atoms with Gasteiger partial charge in [0.1, 0.15) is 18.5 Å². The number of allylic oxidation sites excluding steroid dienone is 2. The molecule has 0 spiro atoms. The highest BCUT2D eigenvalue weighted by atomic mass is 16.5. The average Bonchev–Trinajstić information content (AvgIpc) is 2.76. The van der Waals surface area contributed by atoms with Crippen molar-refractivity contribution < 1.29 is 28.9 Å². The maximum Gasteiger partial charge on any atom is 0.336 e. The number of rotatable bonds is 11. The third kappa shape index (κ3) is 7.07. The number of carbonyl (C=O) groups is 2. The Morgan fingerprint density at radius 3 is 2.15 bits per heavy atom. The van der Waals surface area contributed by atoms with Gasteiger partial charge in [-0.1, -0.05) is 26.0 Å². The number of esters is 2. The summed E-state index contributed by atoms with van der Waals surface area (Å²) in [5.41, 5.74) is 2.62. The fourth-order valence-electron chi connectivity index (χ4n) is 3.69. The van der Waals surface area contributed by atoms with Crippen molar-refractivity contribution >= 4 is 11.9 Å². The molecule has 0 amide bonds. The smallest absolute Gasteiger partial charge is 0.336 e. The van der Waals surface area contributed by atoms with E-state index in [0.29, 0.717) is 40.4 Å². The molecule has 1 aromatic rings. The minimum absolute atomic E-state index is 0.106. The largest absolute Gasteiger partial charge is 0.491 e. The van der Waals surface area contributed by atoms with Gasteiger partial charge in [0.05, 0.1) is 30.3 Å². The van der Waals surface area contributed by atoms with Gasteiger partial charge in [-0.15, -0.1) is 0 Å². The van der Waals surface area contributed by atoms with Crippen LogP contribution in [0.25, 0.3) is 0 Å². The fraction of sp³-hybridized carbons (Fsp3) is 0.520. The Morgan fingerprint density at radius 2 is 1.64 bits per heavy atom. The first kappa shape index (κ1) is 26.4. The summed E-state index contributed by atoms with van der Waals surface area (Å²) in [6.45, 7) is 12.0. The van der Waals surface area contributed by atoms with E-state index >= 15 is 0 Å². The molecule has 0 bridgehead atoms. The number of hydrogen-bond acceptors (Lipinski definition) is 8. The number of hydrogen-bond donors (Lipinski definition) is 3. The van der Waals surface area contributed by atoms with E-state index < -0.39 is 24.0 Å². The Labute approximate surface area is 196 Å². The van der Waals surface area contributed by atoms with Crippen LogP contribution >= 0.6 is 0 Å². The van der Waals surface area contributed by atoms with Gasteiger partial charge in [-0.3, -0.25) is 0 Å². The molecule has 33 heavy (non-hydrogen) atoms. The molecule has 1 atom stereocenters. The molecule has 1 aliphatic rings. The van der Waals surface area contributed by atoms with Crippen molar-refractivity contribution in [2.75, 3.05) is 26.4 Å². The highest BCUT2D eigenvalue weighted by Gasteiger charge is 2.38. The Morgan fingerprint density at radius 1 is 1.06 bits per heavy atom.